The van der Waals surface area contributed by atoms with Gasteiger partial charge in [0.05, 0.1) is 12.3 Å². The molecule has 4 rings (SSSR count). The second kappa shape index (κ2) is 9.87. The molecule has 1 aliphatic carbocycles. The van der Waals surface area contributed by atoms with E-state index < -0.39 is 0 Å². The third-order valence-electron chi connectivity index (χ3n) is 5.02. The Morgan fingerprint density at radius 1 is 1.20 bits per heavy atom. The number of aryl methyl sites for hydroxylation is 1. The molecule has 1 aromatic heterocycles. The minimum absolute atomic E-state index is 0.208. The van der Waals surface area contributed by atoms with Crippen molar-refractivity contribution in [1.29, 1.82) is 0 Å². The van der Waals surface area contributed by atoms with Crippen LogP contribution in [0.5, 0.6) is 0 Å². The molecule has 0 radical (unpaired) electrons. The number of urea groups is 1. The number of carbonyl (C=O) groups is 1. The molecular formula is C24H27N3O2S. The maximum absolute atomic E-state index is 12.2. The van der Waals surface area contributed by atoms with Crippen molar-refractivity contribution < 1.29 is 9.53 Å². The first-order chi connectivity index (χ1) is 14.7. The lowest BCUT2D eigenvalue weighted by molar-refractivity contribution is 0.111. The van der Waals surface area contributed by atoms with Gasteiger partial charge in [-0.05, 0) is 43.4 Å². The monoisotopic (exact) mass is 421 g/mol. The van der Waals surface area contributed by atoms with E-state index in [9.17, 15) is 4.79 Å². The standard InChI is InChI=1S/C24H27N3O2S/c1-17-5-9-20(10-6-17)23-26-22(16-30-23)11-12-25-24(28)27-21-4-2-3-19(13-21)15-29-14-18-7-8-18/h2-6,9-10,13,16,18H,7-8,11-12,14-15H2,1H3,(H2,25,27,28). The second-order valence-electron chi connectivity index (χ2n) is 7.80. The minimum Gasteiger partial charge on any atom is -0.376 e. The molecule has 6 heteroatoms. The summed E-state index contributed by atoms with van der Waals surface area (Å²) in [6, 6.07) is 16.0. The third-order valence-corrected chi connectivity index (χ3v) is 5.96. The number of benzene rings is 2. The molecule has 1 fully saturated rings. The summed E-state index contributed by atoms with van der Waals surface area (Å²) in [4.78, 5) is 16.9. The Labute approximate surface area is 181 Å². The van der Waals surface area contributed by atoms with E-state index in [1.165, 1.54) is 18.4 Å². The highest BCUT2D eigenvalue weighted by Gasteiger charge is 2.21. The number of thiazole rings is 1. The largest absolute Gasteiger partial charge is 0.376 e. The van der Waals surface area contributed by atoms with E-state index in [-0.39, 0.29) is 6.03 Å². The molecule has 0 unspecified atom stereocenters. The van der Waals surface area contributed by atoms with Crippen LogP contribution in [0.1, 0.15) is 29.7 Å². The first-order valence-corrected chi connectivity index (χ1v) is 11.3. The smallest absolute Gasteiger partial charge is 0.319 e. The molecule has 2 amide bonds. The third kappa shape index (κ3) is 6.15. The van der Waals surface area contributed by atoms with Crippen LogP contribution in [-0.4, -0.2) is 24.2 Å². The van der Waals surface area contributed by atoms with Gasteiger partial charge in [-0.25, -0.2) is 9.78 Å². The van der Waals surface area contributed by atoms with Gasteiger partial charge in [0.2, 0.25) is 0 Å². The Balaban J connectivity index is 1.21. The summed E-state index contributed by atoms with van der Waals surface area (Å²) in [5.74, 6) is 0.753. The number of hydrogen-bond donors (Lipinski definition) is 2. The summed E-state index contributed by atoms with van der Waals surface area (Å²) in [5, 5.41) is 8.86. The zero-order valence-electron chi connectivity index (χ0n) is 17.2. The van der Waals surface area contributed by atoms with E-state index in [2.05, 4.69) is 52.2 Å². The highest BCUT2D eigenvalue weighted by molar-refractivity contribution is 7.13. The molecule has 2 aromatic carbocycles. The average Bonchev–Trinajstić information content (AvgIpc) is 3.44. The summed E-state index contributed by atoms with van der Waals surface area (Å²) >= 11 is 1.63. The van der Waals surface area contributed by atoms with Gasteiger partial charge in [-0.2, -0.15) is 0 Å². The van der Waals surface area contributed by atoms with Gasteiger partial charge < -0.3 is 15.4 Å². The van der Waals surface area contributed by atoms with Crippen LogP contribution in [0.4, 0.5) is 10.5 Å². The maximum Gasteiger partial charge on any atom is 0.319 e. The average molecular weight is 422 g/mol. The SMILES string of the molecule is Cc1ccc(-c2nc(CCNC(=O)Nc3cccc(COCC4CC4)c3)cs2)cc1. The molecule has 156 valence electrons. The van der Waals surface area contributed by atoms with Crippen LogP contribution in [0.3, 0.4) is 0 Å². The molecule has 3 aromatic rings. The molecular weight excluding hydrogens is 394 g/mol. The van der Waals surface area contributed by atoms with Crippen molar-refractivity contribution in [2.24, 2.45) is 5.92 Å². The second-order valence-corrected chi connectivity index (χ2v) is 8.66. The predicted molar refractivity (Wildman–Crippen MR) is 122 cm³/mol. The van der Waals surface area contributed by atoms with Gasteiger partial charge >= 0.3 is 6.03 Å². The molecule has 0 bridgehead atoms. The van der Waals surface area contributed by atoms with Gasteiger partial charge in [-0.3, -0.25) is 0 Å². The lowest BCUT2D eigenvalue weighted by Gasteiger charge is -2.09. The lowest BCUT2D eigenvalue weighted by Crippen LogP contribution is -2.30. The zero-order valence-corrected chi connectivity index (χ0v) is 18.0. The van der Waals surface area contributed by atoms with Gasteiger partial charge in [0.15, 0.2) is 0 Å². The summed E-state index contributed by atoms with van der Waals surface area (Å²) in [5.41, 5.74) is 5.20. The van der Waals surface area contributed by atoms with Crippen molar-refractivity contribution in [3.05, 3.63) is 70.7 Å². The molecule has 2 N–H and O–H groups in total. The van der Waals surface area contributed by atoms with Crippen molar-refractivity contribution >= 4 is 23.1 Å². The number of anilines is 1. The molecule has 1 heterocycles. The molecule has 5 nitrogen and oxygen atoms in total. The van der Waals surface area contributed by atoms with Crippen molar-refractivity contribution in [3.63, 3.8) is 0 Å². The quantitative estimate of drug-likeness (QED) is 0.486. The van der Waals surface area contributed by atoms with Crippen LogP contribution >= 0.6 is 11.3 Å². The highest BCUT2D eigenvalue weighted by atomic mass is 32.1. The number of amides is 2. The summed E-state index contributed by atoms with van der Waals surface area (Å²) in [6.07, 6.45) is 3.27. The zero-order chi connectivity index (χ0) is 20.8. The van der Waals surface area contributed by atoms with Gasteiger partial charge in [0.1, 0.15) is 5.01 Å². The van der Waals surface area contributed by atoms with Crippen LogP contribution in [0, 0.1) is 12.8 Å². The molecule has 30 heavy (non-hydrogen) atoms. The Hall–Kier alpha value is -2.70. The van der Waals surface area contributed by atoms with Gasteiger partial charge in [0, 0.05) is 36.2 Å². The number of hydrogen-bond acceptors (Lipinski definition) is 4. The van der Waals surface area contributed by atoms with Crippen LogP contribution in [0.25, 0.3) is 10.6 Å². The number of nitrogens with one attached hydrogen (secondary N) is 2. The van der Waals surface area contributed by atoms with Crippen molar-refractivity contribution in [1.82, 2.24) is 10.3 Å². The topological polar surface area (TPSA) is 63.2 Å². The number of aromatic nitrogens is 1. The summed E-state index contributed by atoms with van der Waals surface area (Å²) in [7, 11) is 0. The van der Waals surface area contributed by atoms with Crippen molar-refractivity contribution in [2.45, 2.75) is 32.8 Å². The first kappa shape index (κ1) is 20.6. The fourth-order valence-corrected chi connectivity index (χ4v) is 3.96. The Morgan fingerprint density at radius 2 is 2.03 bits per heavy atom. The maximum atomic E-state index is 12.2. The van der Waals surface area contributed by atoms with E-state index in [1.54, 1.807) is 11.3 Å². The van der Waals surface area contributed by atoms with Gasteiger partial charge in [-0.15, -0.1) is 11.3 Å². The summed E-state index contributed by atoms with van der Waals surface area (Å²) < 4.78 is 5.72. The minimum atomic E-state index is -0.208. The van der Waals surface area contributed by atoms with E-state index in [1.807, 2.05) is 24.3 Å². The van der Waals surface area contributed by atoms with Gasteiger partial charge in [0.25, 0.3) is 0 Å². The number of rotatable bonds is 9. The van der Waals surface area contributed by atoms with Gasteiger partial charge in [-0.1, -0.05) is 42.0 Å². The number of carbonyl (C=O) groups excluding carboxylic acids is 1. The Kier molecular flexibility index (Phi) is 6.77. The molecule has 0 aliphatic heterocycles. The van der Waals surface area contributed by atoms with Crippen LogP contribution in [0.2, 0.25) is 0 Å². The molecule has 1 saturated carbocycles. The van der Waals surface area contributed by atoms with E-state index in [0.29, 0.717) is 19.6 Å². The van der Waals surface area contributed by atoms with Crippen molar-refractivity contribution in [3.8, 4) is 10.6 Å². The molecule has 0 spiro atoms. The van der Waals surface area contributed by atoms with E-state index in [4.69, 9.17) is 4.74 Å². The highest BCUT2D eigenvalue weighted by Crippen LogP contribution is 2.29. The molecule has 1 aliphatic rings. The van der Waals surface area contributed by atoms with E-state index >= 15 is 0 Å². The van der Waals surface area contributed by atoms with Crippen LogP contribution < -0.4 is 10.6 Å². The molecule has 0 atom stereocenters. The Morgan fingerprint density at radius 3 is 2.83 bits per heavy atom. The van der Waals surface area contributed by atoms with Crippen LogP contribution in [-0.2, 0) is 17.8 Å². The van der Waals surface area contributed by atoms with Crippen molar-refractivity contribution in [2.75, 3.05) is 18.5 Å². The fraction of sp³-hybridized carbons (Fsp3) is 0.333. The summed E-state index contributed by atoms with van der Waals surface area (Å²) in [6.45, 7) is 4.03. The normalized spacial score (nSPS) is 13.2. The number of nitrogens with zero attached hydrogens (tertiary/aromatic N) is 1. The first-order valence-electron chi connectivity index (χ1n) is 10.4. The predicted octanol–water partition coefficient (Wildman–Crippen LogP) is 5.41. The fourth-order valence-electron chi connectivity index (χ4n) is 3.10. The molecule has 0 saturated heterocycles. The van der Waals surface area contributed by atoms with E-state index in [0.717, 1.165) is 40.0 Å². The number of ether oxygens (including phenoxy) is 1. The lowest BCUT2D eigenvalue weighted by atomic mass is 10.2. The Bertz CT molecular complexity index is 980. The van der Waals surface area contributed by atoms with Crippen LogP contribution in [0.15, 0.2) is 53.9 Å².